The summed E-state index contributed by atoms with van der Waals surface area (Å²) in [5.74, 6) is 2.03. The first-order valence-electron chi connectivity index (χ1n) is 5.85. The maximum absolute atomic E-state index is 11.7. The first kappa shape index (κ1) is 14.1. The van der Waals surface area contributed by atoms with E-state index in [2.05, 4.69) is 17.6 Å². The van der Waals surface area contributed by atoms with Crippen molar-refractivity contribution in [2.75, 3.05) is 18.2 Å². The van der Waals surface area contributed by atoms with Gasteiger partial charge in [0, 0.05) is 18.2 Å². The summed E-state index contributed by atoms with van der Waals surface area (Å²) >= 11 is 1.80. The normalized spacial score (nSPS) is 25.9. The minimum atomic E-state index is 0. The van der Waals surface area contributed by atoms with Gasteiger partial charge in [0.25, 0.3) is 0 Å². The Morgan fingerprint density at radius 1 is 1.56 bits per heavy atom. The second kappa shape index (κ2) is 6.12. The highest BCUT2D eigenvalue weighted by Crippen LogP contribution is 2.48. The van der Waals surface area contributed by atoms with Gasteiger partial charge in [-0.25, -0.2) is 0 Å². The molecule has 1 aliphatic heterocycles. The Hall–Kier alpha value is 0.0700. The zero-order valence-electron chi connectivity index (χ0n) is 9.75. The molecule has 5 heteroatoms. The van der Waals surface area contributed by atoms with E-state index in [9.17, 15) is 4.79 Å². The van der Waals surface area contributed by atoms with Gasteiger partial charge in [-0.05, 0) is 24.7 Å². The van der Waals surface area contributed by atoms with E-state index in [0.717, 1.165) is 18.2 Å². The number of carbonyl (C=O) groups excluding carboxylic acids is 1. The van der Waals surface area contributed by atoms with Gasteiger partial charge in [0.1, 0.15) is 0 Å². The minimum absolute atomic E-state index is 0. The molecule has 2 fully saturated rings. The number of hydrogen-bond donors (Lipinski definition) is 2. The first-order chi connectivity index (χ1) is 7.26. The summed E-state index contributed by atoms with van der Waals surface area (Å²) in [6.07, 6.45) is 5.09. The van der Waals surface area contributed by atoms with Gasteiger partial charge in [-0.3, -0.25) is 10.1 Å². The fraction of sp³-hybridized carbons (Fsp3) is 0.909. The first-order valence-corrected chi connectivity index (χ1v) is 7.00. The maximum atomic E-state index is 11.7. The summed E-state index contributed by atoms with van der Waals surface area (Å²) in [4.78, 5) is 11.7. The van der Waals surface area contributed by atoms with Crippen LogP contribution in [-0.2, 0) is 4.79 Å². The van der Waals surface area contributed by atoms with Crippen LogP contribution in [0.3, 0.4) is 0 Å². The number of carbonyl (C=O) groups is 1. The van der Waals surface area contributed by atoms with Crippen LogP contribution in [0.15, 0.2) is 0 Å². The molecule has 0 aromatic heterocycles. The second-order valence-electron chi connectivity index (χ2n) is 4.74. The van der Waals surface area contributed by atoms with E-state index >= 15 is 0 Å². The van der Waals surface area contributed by atoms with Gasteiger partial charge < -0.3 is 5.32 Å². The summed E-state index contributed by atoms with van der Waals surface area (Å²) < 4.78 is 0. The maximum Gasteiger partial charge on any atom is 0.238 e. The molecule has 1 saturated heterocycles. The molecule has 1 aliphatic carbocycles. The number of halogens is 1. The van der Waals surface area contributed by atoms with Crippen molar-refractivity contribution in [2.45, 2.75) is 38.6 Å². The van der Waals surface area contributed by atoms with E-state index in [0.29, 0.717) is 5.41 Å². The van der Waals surface area contributed by atoms with Crippen molar-refractivity contribution in [3.63, 3.8) is 0 Å². The van der Waals surface area contributed by atoms with E-state index in [1.807, 2.05) is 0 Å². The Morgan fingerprint density at radius 3 is 2.81 bits per heavy atom. The van der Waals surface area contributed by atoms with Crippen LogP contribution in [0.2, 0.25) is 0 Å². The fourth-order valence-electron chi connectivity index (χ4n) is 2.18. The molecule has 0 aromatic carbocycles. The van der Waals surface area contributed by atoms with Crippen LogP contribution in [-0.4, -0.2) is 30.1 Å². The minimum Gasteiger partial charge on any atom is -0.354 e. The van der Waals surface area contributed by atoms with Crippen LogP contribution >= 0.6 is 24.2 Å². The number of thioether (sulfide) groups is 1. The molecule has 2 N–H and O–H groups in total. The third-order valence-corrected chi connectivity index (χ3v) is 4.35. The summed E-state index contributed by atoms with van der Waals surface area (Å²) in [6.45, 7) is 3.11. The Labute approximate surface area is 108 Å². The highest BCUT2D eigenvalue weighted by Gasteiger charge is 2.41. The average molecular weight is 265 g/mol. The molecular weight excluding hydrogens is 244 g/mol. The zero-order valence-corrected chi connectivity index (χ0v) is 11.4. The molecule has 2 aliphatic rings. The van der Waals surface area contributed by atoms with Gasteiger partial charge in [0.15, 0.2) is 0 Å². The molecule has 0 aromatic rings. The van der Waals surface area contributed by atoms with Crippen LogP contribution < -0.4 is 10.6 Å². The third kappa shape index (κ3) is 3.54. The van der Waals surface area contributed by atoms with E-state index < -0.39 is 0 Å². The molecule has 1 amide bonds. The predicted molar refractivity (Wildman–Crippen MR) is 71.1 cm³/mol. The van der Waals surface area contributed by atoms with Crippen molar-refractivity contribution < 1.29 is 4.79 Å². The molecule has 2 rings (SSSR count). The largest absolute Gasteiger partial charge is 0.354 e. The topological polar surface area (TPSA) is 41.1 Å². The average Bonchev–Trinajstić information content (AvgIpc) is 2.81. The number of rotatable bonds is 5. The quantitative estimate of drug-likeness (QED) is 0.795. The molecule has 1 atom stereocenters. The molecule has 1 heterocycles. The number of hydrogen-bond acceptors (Lipinski definition) is 3. The van der Waals surface area contributed by atoms with Gasteiger partial charge in [-0.15, -0.1) is 24.2 Å². The molecular formula is C11H21ClN2OS. The van der Waals surface area contributed by atoms with Crippen LogP contribution in [0.5, 0.6) is 0 Å². The third-order valence-electron chi connectivity index (χ3n) is 3.41. The smallest absolute Gasteiger partial charge is 0.238 e. The van der Waals surface area contributed by atoms with Crippen molar-refractivity contribution in [2.24, 2.45) is 5.41 Å². The molecule has 0 spiro atoms. The lowest BCUT2D eigenvalue weighted by atomic mass is 10.0. The van der Waals surface area contributed by atoms with Crippen molar-refractivity contribution in [1.29, 1.82) is 0 Å². The zero-order chi connectivity index (χ0) is 10.7. The highest BCUT2D eigenvalue weighted by molar-refractivity contribution is 7.99. The molecule has 0 bridgehead atoms. The molecule has 0 radical (unpaired) electrons. The van der Waals surface area contributed by atoms with Gasteiger partial charge in [0.2, 0.25) is 5.91 Å². The molecule has 94 valence electrons. The lowest BCUT2D eigenvalue weighted by Gasteiger charge is -2.16. The SMILES string of the molecule is CCCC1(CNC(=O)[C@H]2CSCN2)CC1.Cl. The Balaban J connectivity index is 0.00000128. The summed E-state index contributed by atoms with van der Waals surface area (Å²) in [5, 5.41) is 6.29. The summed E-state index contributed by atoms with van der Waals surface area (Å²) in [5.41, 5.74) is 0.468. The predicted octanol–water partition coefficient (Wildman–Crippen LogP) is 1.77. The van der Waals surface area contributed by atoms with E-state index in [4.69, 9.17) is 0 Å². The van der Waals surface area contributed by atoms with Gasteiger partial charge in [-0.2, -0.15) is 0 Å². The number of nitrogens with one attached hydrogen (secondary N) is 2. The van der Waals surface area contributed by atoms with Crippen LogP contribution in [0, 0.1) is 5.41 Å². The van der Waals surface area contributed by atoms with Gasteiger partial charge >= 0.3 is 0 Å². The fourth-order valence-corrected chi connectivity index (χ4v) is 3.13. The molecule has 3 nitrogen and oxygen atoms in total. The molecule has 0 unspecified atom stereocenters. The monoisotopic (exact) mass is 264 g/mol. The van der Waals surface area contributed by atoms with Crippen molar-refractivity contribution >= 4 is 30.1 Å². The standard InChI is InChI=1S/C11H20N2OS.ClH/c1-2-3-11(4-5-11)7-12-10(14)9-6-15-8-13-9;/h9,13H,2-8H2,1H3,(H,12,14);1H/t9-;/m1./s1. The molecule has 16 heavy (non-hydrogen) atoms. The Kier molecular flexibility index (Phi) is 5.41. The lowest BCUT2D eigenvalue weighted by molar-refractivity contribution is -0.122. The highest BCUT2D eigenvalue weighted by atomic mass is 35.5. The number of amides is 1. The van der Waals surface area contributed by atoms with E-state index in [1.165, 1.54) is 25.7 Å². The van der Waals surface area contributed by atoms with E-state index in [-0.39, 0.29) is 24.4 Å². The lowest BCUT2D eigenvalue weighted by Crippen LogP contribution is -2.43. The van der Waals surface area contributed by atoms with E-state index in [1.54, 1.807) is 11.8 Å². The second-order valence-corrected chi connectivity index (χ2v) is 5.77. The van der Waals surface area contributed by atoms with Crippen LogP contribution in [0.25, 0.3) is 0 Å². The van der Waals surface area contributed by atoms with Crippen LogP contribution in [0.1, 0.15) is 32.6 Å². The summed E-state index contributed by atoms with van der Waals surface area (Å²) in [7, 11) is 0. The Morgan fingerprint density at radius 2 is 2.31 bits per heavy atom. The van der Waals surface area contributed by atoms with Crippen molar-refractivity contribution in [1.82, 2.24) is 10.6 Å². The molecule has 1 saturated carbocycles. The van der Waals surface area contributed by atoms with Crippen molar-refractivity contribution in [3.8, 4) is 0 Å². The van der Waals surface area contributed by atoms with Gasteiger partial charge in [-0.1, -0.05) is 13.3 Å². The van der Waals surface area contributed by atoms with Crippen molar-refractivity contribution in [3.05, 3.63) is 0 Å². The Bertz CT molecular complexity index is 240. The summed E-state index contributed by atoms with van der Waals surface area (Å²) in [6, 6.07) is 0.0485. The van der Waals surface area contributed by atoms with Gasteiger partial charge in [0.05, 0.1) is 6.04 Å². The van der Waals surface area contributed by atoms with Crippen LogP contribution in [0.4, 0.5) is 0 Å².